The Morgan fingerprint density at radius 3 is 2.24 bits per heavy atom. The molecule has 94 valence electrons. The molecule has 4 fully saturated rings. The van der Waals surface area contributed by atoms with Crippen molar-refractivity contribution in [2.45, 2.75) is 31.7 Å². The molecule has 0 aromatic carbocycles. The van der Waals surface area contributed by atoms with Gasteiger partial charge in [0.15, 0.2) is 0 Å². The Bertz CT molecular complexity index is 391. The summed E-state index contributed by atoms with van der Waals surface area (Å²) in [6.45, 7) is 0. The number of aliphatic carboxylic acids is 1. The van der Waals surface area contributed by atoms with Gasteiger partial charge in [-0.05, 0) is 37.5 Å². The Balaban J connectivity index is 2.03. The highest BCUT2D eigenvalue weighted by Crippen LogP contribution is 2.77. The standard InChI is InChI=1S/C12H17NO4/c1-17-9(14)8(13)11-2-6-4-12(11,10(15)16)5-7(6)3-11/h6-8H,2-5,13H2,1H3,(H,15,16). The second kappa shape index (κ2) is 3.02. The van der Waals surface area contributed by atoms with Crippen LogP contribution < -0.4 is 5.73 Å². The second-order valence-electron chi connectivity index (χ2n) is 5.88. The maximum absolute atomic E-state index is 11.7. The van der Waals surface area contributed by atoms with Gasteiger partial charge < -0.3 is 15.6 Å². The van der Waals surface area contributed by atoms with E-state index in [9.17, 15) is 14.7 Å². The molecule has 3 unspecified atom stereocenters. The van der Waals surface area contributed by atoms with E-state index in [1.54, 1.807) is 0 Å². The van der Waals surface area contributed by atoms with Crippen LogP contribution in [-0.2, 0) is 14.3 Å². The first-order chi connectivity index (χ1) is 7.97. The zero-order valence-corrected chi connectivity index (χ0v) is 9.81. The highest BCUT2D eigenvalue weighted by atomic mass is 16.5. The van der Waals surface area contributed by atoms with Crippen LogP contribution in [0.25, 0.3) is 0 Å². The van der Waals surface area contributed by atoms with E-state index in [0.717, 1.165) is 12.8 Å². The molecular formula is C12H17NO4. The molecule has 4 aliphatic carbocycles. The number of esters is 1. The van der Waals surface area contributed by atoms with Gasteiger partial charge in [-0.15, -0.1) is 0 Å². The number of methoxy groups -OCH3 is 1. The first kappa shape index (κ1) is 11.0. The molecule has 3 atom stereocenters. The van der Waals surface area contributed by atoms with E-state index in [-0.39, 0.29) is 0 Å². The van der Waals surface area contributed by atoms with Crippen molar-refractivity contribution in [1.29, 1.82) is 0 Å². The average molecular weight is 239 g/mol. The number of nitrogens with two attached hydrogens (primary N) is 1. The maximum atomic E-state index is 11.7. The van der Waals surface area contributed by atoms with Gasteiger partial charge >= 0.3 is 11.9 Å². The van der Waals surface area contributed by atoms with Gasteiger partial charge in [-0.1, -0.05) is 0 Å². The summed E-state index contributed by atoms with van der Waals surface area (Å²) in [7, 11) is 1.30. The SMILES string of the molecule is COC(=O)C(N)C12CC3CC1(C(=O)O)CC3C2. The molecule has 0 saturated heterocycles. The number of hydrogen-bond acceptors (Lipinski definition) is 4. The fraction of sp³-hybridized carbons (Fsp3) is 0.833. The van der Waals surface area contributed by atoms with Crippen LogP contribution in [0.2, 0.25) is 0 Å². The van der Waals surface area contributed by atoms with Crippen LogP contribution in [0.5, 0.6) is 0 Å². The molecule has 4 aliphatic rings. The number of carbonyl (C=O) groups is 2. The minimum absolute atomic E-state index is 0.446. The summed E-state index contributed by atoms with van der Waals surface area (Å²) in [4.78, 5) is 23.3. The lowest BCUT2D eigenvalue weighted by atomic mass is 9.64. The van der Waals surface area contributed by atoms with E-state index < -0.39 is 28.8 Å². The summed E-state index contributed by atoms with van der Waals surface area (Å²) < 4.78 is 4.70. The number of ether oxygens (including phenoxy) is 1. The summed E-state index contributed by atoms with van der Waals surface area (Å²) >= 11 is 0. The van der Waals surface area contributed by atoms with Crippen molar-refractivity contribution in [1.82, 2.24) is 0 Å². The molecule has 0 aliphatic heterocycles. The number of rotatable bonds is 3. The Hall–Kier alpha value is -1.10. The predicted octanol–water partition coefficient (Wildman–Crippen LogP) is 0.378. The Morgan fingerprint density at radius 1 is 1.29 bits per heavy atom. The molecule has 5 nitrogen and oxygen atoms in total. The van der Waals surface area contributed by atoms with Gasteiger partial charge in [0.1, 0.15) is 6.04 Å². The topological polar surface area (TPSA) is 89.6 Å². The van der Waals surface area contributed by atoms with Gasteiger partial charge in [0.05, 0.1) is 12.5 Å². The van der Waals surface area contributed by atoms with E-state index in [0.29, 0.717) is 24.7 Å². The lowest BCUT2D eigenvalue weighted by Gasteiger charge is -2.40. The van der Waals surface area contributed by atoms with Crippen LogP contribution >= 0.6 is 0 Å². The average Bonchev–Trinajstić information content (AvgIpc) is 2.97. The van der Waals surface area contributed by atoms with E-state index >= 15 is 0 Å². The summed E-state index contributed by atoms with van der Waals surface area (Å²) in [6, 6.07) is -0.791. The maximum Gasteiger partial charge on any atom is 0.323 e. The van der Waals surface area contributed by atoms with Crippen LogP contribution in [0.4, 0.5) is 0 Å². The van der Waals surface area contributed by atoms with E-state index in [1.165, 1.54) is 7.11 Å². The van der Waals surface area contributed by atoms with Gasteiger partial charge in [-0.3, -0.25) is 9.59 Å². The lowest BCUT2D eigenvalue weighted by molar-refractivity contribution is -0.159. The summed E-state index contributed by atoms with van der Waals surface area (Å²) in [5.74, 6) is -0.359. The van der Waals surface area contributed by atoms with Crippen LogP contribution in [0.15, 0.2) is 0 Å². The highest BCUT2D eigenvalue weighted by molar-refractivity contribution is 5.83. The Labute approximate surface area is 99.3 Å². The largest absolute Gasteiger partial charge is 0.481 e. The third-order valence-corrected chi connectivity index (χ3v) is 5.55. The van der Waals surface area contributed by atoms with Crippen molar-refractivity contribution in [3.63, 3.8) is 0 Å². The second-order valence-corrected chi connectivity index (χ2v) is 5.88. The molecule has 3 N–H and O–H groups in total. The Morgan fingerprint density at radius 2 is 1.82 bits per heavy atom. The highest BCUT2D eigenvalue weighted by Gasteiger charge is 2.77. The third kappa shape index (κ3) is 0.996. The fourth-order valence-electron chi connectivity index (χ4n) is 4.90. The van der Waals surface area contributed by atoms with Crippen molar-refractivity contribution >= 4 is 11.9 Å². The molecule has 0 aromatic rings. The fourth-order valence-corrected chi connectivity index (χ4v) is 4.90. The molecule has 5 heteroatoms. The number of carboxylic acid groups (broad SMARTS) is 1. The molecule has 0 spiro atoms. The van der Waals surface area contributed by atoms with Gasteiger partial charge in [-0.2, -0.15) is 0 Å². The van der Waals surface area contributed by atoms with Crippen LogP contribution in [0.3, 0.4) is 0 Å². The molecule has 0 aromatic heterocycles. The first-order valence-corrected chi connectivity index (χ1v) is 6.04. The lowest BCUT2D eigenvalue weighted by Crippen LogP contribution is -2.54. The summed E-state index contributed by atoms with van der Waals surface area (Å²) in [5, 5.41) is 9.55. The minimum atomic E-state index is -0.791. The molecule has 0 amide bonds. The van der Waals surface area contributed by atoms with Crippen molar-refractivity contribution in [3.8, 4) is 0 Å². The molecule has 0 radical (unpaired) electrons. The van der Waals surface area contributed by atoms with Gasteiger partial charge in [0.2, 0.25) is 0 Å². The molecular weight excluding hydrogens is 222 g/mol. The van der Waals surface area contributed by atoms with E-state index in [4.69, 9.17) is 10.5 Å². The zero-order chi connectivity index (χ0) is 12.4. The van der Waals surface area contributed by atoms with Gasteiger partial charge in [-0.25, -0.2) is 0 Å². The smallest absolute Gasteiger partial charge is 0.323 e. The zero-order valence-electron chi connectivity index (χ0n) is 9.81. The Kier molecular flexibility index (Phi) is 1.95. The van der Waals surface area contributed by atoms with Crippen molar-refractivity contribution in [3.05, 3.63) is 0 Å². The van der Waals surface area contributed by atoms with Gasteiger partial charge in [0, 0.05) is 5.41 Å². The molecule has 4 rings (SSSR count). The molecule has 4 bridgehead atoms. The van der Waals surface area contributed by atoms with Crippen LogP contribution in [-0.4, -0.2) is 30.2 Å². The van der Waals surface area contributed by atoms with Crippen LogP contribution in [0, 0.1) is 22.7 Å². The van der Waals surface area contributed by atoms with Crippen LogP contribution in [0.1, 0.15) is 25.7 Å². The monoisotopic (exact) mass is 239 g/mol. The van der Waals surface area contributed by atoms with E-state index in [1.807, 2.05) is 0 Å². The number of carboxylic acids is 1. The third-order valence-electron chi connectivity index (χ3n) is 5.55. The quantitative estimate of drug-likeness (QED) is 0.695. The normalized spacial score (nSPS) is 47.4. The minimum Gasteiger partial charge on any atom is -0.481 e. The van der Waals surface area contributed by atoms with E-state index in [2.05, 4.69) is 0 Å². The van der Waals surface area contributed by atoms with Crippen molar-refractivity contribution in [2.75, 3.05) is 7.11 Å². The molecule has 4 saturated carbocycles. The molecule has 17 heavy (non-hydrogen) atoms. The summed E-state index contributed by atoms with van der Waals surface area (Å²) in [5.41, 5.74) is 4.69. The molecule has 0 heterocycles. The first-order valence-electron chi connectivity index (χ1n) is 6.04. The number of hydrogen-bond donors (Lipinski definition) is 2. The van der Waals surface area contributed by atoms with Crippen molar-refractivity contribution in [2.24, 2.45) is 28.4 Å². The number of carbonyl (C=O) groups excluding carboxylic acids is 1. The summed E-state index contributed by atoms with van der Waals surface area (Å²) in [6.07, 6.45) is 2.94. The predicted molar refractivity (Wildman–Crippen MR) is 57.9 cm³/mol. The van der Waals surface area contributed by atoms with Gasteiger partial charge in [0.25, 0.3) is 0 Å². The van der Waals surface area contributed by atoms with Crippen molar-refractivity contribution < 1.29 is 19.4 Å².